The first-order valence-corrected chi connectivity index (χ1v) is 4.17. The summed E-state index contributed by atoms with van der Waals surface area (Å²) in [5.74, 6) is 0.466. The molecule has 1 saturated carbocycles. The number of rotatable bonds is 0. The van der Waals surface area contributed by atoms with E-state index in [1.165, 1.54) is 6.42 Å². The van der Waals surface area contributed by atoms with E-state index in [0.29, 0.717) is 12.0 Å². The molecular weight excluding hydrogens is 128 g/mol. The molecule has 3 atom stereocenters. The van der Waals surface area contributed by atoms with Gasteiger partial charge in [-0.2, -0.15) is 0 Å². The van der Waals surface area contributed by atoms with Gasteiger partial charge < -0.3 is 9.84 Å². The van der Waals surface area contributed by atoms with Crippen molar-refractivity contribution in [2.45, 2.75) is 37.9 Å². The molecule has 1 N–H and O–H groups in total. The van der Waals surface area contributed by atoms with Gasteiger partial charge in [0.1, 0.15) is 0 Å². The lowest BCUT2D eigenvalue weighted by atomic mass is 9.84. The summed E-state index contributed by atoms with van der Waals surface area (Å²) in [6.07, 6.45) is 4.70. The number of ether oxygens (including phenoxy) is 1. The summed E-state index contributed by atoms with van der Waals surface area (Å²) >= 11 is 0. The van der Waals surface area contributed by atoms with Crippen LogP contribution in [0.4, 0.5) is 0 Å². The van der Waals surface area contributed by atoms with Crippen molar-refractivity contribution < 1.29 is 9.84 Å². The van der Waals surface area contributed by atoms with E-state index in [1.807, 2.05) is 0 Å². The lowest BCUT2D eigenvalue weighted by Crippen LogP contribution is -2.32. The summed E-state index contributed by atoms with van der Waals surface area (Å²) < 4.78 is 5.47. The van der Waals surface area contributed by atoms with Crippen molar-refractivity contribution in [3.05, 3.63) is 0 Å². The summed E-state index contributed by atoms with van der Waals surface area (Å²) in [4.78, 5) is 0. The fourth-order valence-electron chi connectivity index (χ4n) is 2.14. The van der Waals surface area contributed by atoms with Gasteiger partial charge in [0.15, 0.2) is 0 Å². The van der Waals surface area contributed by atoms with Crippen LogP contribution in [0.5, 0.6) is 0 Å². The Labute approximate surface area is 61.2 Å². The maximum Gasteiger partial charge on any atom is 0.0628 e. The summed E-state index contributed by atoms with van der Waals surface area (Å²) in [6.45, 7) is 0.867. The van der Waals surface area contributed by atoms with Crippen molar-refractivity contribution in [2.24, 2.45) is 5.92 Å². The molecule has 1 aliphatic carbocycles. The van der Waals surface area contributed by atoms with Gasteiger partial charge in [-0.05, 0) is 25.7 Å². The molecule has 0 bridgehead atoms. The van der Waals surface area contributed by atoms with Crippen molar-refractivity contribution in [3.63, 3.8) is 0 Å². The molecule has 2 rings (SSSR count). The normalized spacial score (nSPS) is 47.1. The lowest BCUT2D eigenvalue weighted by Gasteiger charge is -2.28. The highest BCUT2D eigenvalue weighted by Crippen LogP contribution is 2.33. The van der Waals surface area contributed by atoms with E-state index in [0.717, 1.165) is 25.9 Å². The van der Waals surface area contributed by atoms with Gasteiger partial charge in [0.05, 0.1) is 12.2 Å². The first kappa shape index (κ1) is 6.62. The Morgan fingerprint density at radius 1 is 1.20 bits per heavy atom. The Morgan fingerprint density at radius 2 is 2.10 bits per heavy atom. The van der Waals surface area contributed by atoms with Gasteiger partial charge in [0, 0.05) is 12.5 Å². The third-order valence-corrected chi connectivity index (χ3v) is 2.74. The minimum atomic E-state index is -0.0683. The molecule has 0 aromatic heterocycles. The van der Waals surface area contributed by atoms with E-state index >= 15 is 0 Å². The van der Waals surface area contributed by atoms with Crippen LogP contribution in [-0.2, 0) is 4.74 Å². The number of fused-ring (bicyclic) bond motifs is 1. The maximum absolute atomic E-state index is 9.50. The molecule has 2 nitrogen and oxygen atoms in total. The Balaban J connectivity index is 2.03. The van der Waals surface area contributed by atoms with Gasteiger partial charge in [0.25, 0.3) is 0 Å². The number of hydrogen-bond donors (Lipinski definition) is 1. The first-order valence-electron chi connectivity index (χ1n) is 4.17. The molecule has 1 aliphatic heterocycles. The average molecular weight is 142 g/mol. The van der Waals surface area contributed by atoms with E-state index in [4.69, 9.17) is 4.74 Å². The molecule has 58 valence electrons. The average Bonchev–Trinajstić information content (AvgIpc) is 2.36. The summed E-state index contributed by atoms with van der Waals surface area (Å²) in [5, 5.41) is 9.50. The Bertz CT molecular complexity index is 124. The SMILES string of the molecule is OC1CCC[C@H]2OCC[C@@H]12. The van der Waals surface area contributed by atoms with E-state index < -0.39 is 0 Å². The van der Waals surface area contributed by atoms with Gasteiger partial charge in [-0.1, -0.05) is 0 Å². The zero-order valence-electron chi connectivity index (χ0n) is 6.12. The van der Waals surface area contributed by atoms with Gasteiger partial charge in [-0.3, -0.25) is 0 Å². The van der Waals surface area contributed by atoms with E-state index in [1.54, 1.807) is 0 Å². The van der Waals surface area contributed by atoms with Crippen LogP contribution in [0.1, 0.15) is 25.7 Å². The zero-order valence-corrected chi connectivity index (χ0v) is 6.12. The summed E-state index contributed by atoms with van der Waals surface area (Å²) in [7, 11) is 0. The molecular formula is C8H14O2. The Hall–Kier alpha value is -0.0800. The molecule has 0 amide bonds. The van der Waals surface area contributed by atoms with Crippen molar-refractivity contribution in [2.75, 3.05) is 6.61 Å². The molecule has 10 heavy (non-hydrogen) atoms. The molecule has 1 unspecified atom stereocenters. The van der Waals surface area contributed by atoms with Crippen LogP contribution >= 0.6 is 0 Å². The zero-order chi connectivity index (χ0) is 6.97. The number of aliphatic hydroxyl groups is 1. The third kappa shape index (κ3) is 0.956. The quantitative estimate of drug-likeness (QED) is 0.545. The van der Waals surface area contributed by atoms with Crippen molar-refractivity contribution >= 4 is 0 Å². The summed E-state index contributed by atoms with van der Waals surface area (Å²) in [6, 6.07) is 0. The monoisotopic (exact) mass is 142 g/mol. The predicted molar refractivity (Wildman–Crippen MR) is 37.7 cm³/mol. The van der Waals surface area contributed by atoms with Gasteiger partial charge in [-0.25, -0.2) is 0 Å². The lowest BCUT2D eigenvalue weighted by molar-refractivity contribution is -0.00209. The second-order valence-corrected chi connectivity index (χ2v) is 3.36. The molecule has 0 radical (unpaired) electrons. The smallest absolute Gasteiger partial charge is 0.0628 e. The molecule has 1 saturated heterocycles. The maximum atomic E-state index is 9.50. The third-order valence-electron chi connectivity index (χ3n) is 2.74. The second-order valence-electron chi connectivity index (χ2n) is 3.36. The second kappa shape index (κ2) is 2.51. The van der Waals surface area contributed by atoms with Crippen LogP contribution in [0.25, 0.3) is 0 Å². The van der Waals surface area contributed by atoms with Gasteiger partial charge in [0.2, 0.25) is 0 Å². The van der Waals surface area contributed by atoms with E-state index in [9.17, 15) is 5.11 Å². The van der Waals surface area contributed by atoms with Crippen molar-refractivity contribution in [3.8, 4) is 0 Å². The van der Waals surface area contributed by atoms with Gasteiger partial charge >= 0.3 is 0 Å². The molecule has 1 heterocycles. The fraction of sp³-hybridized carbons (Fsp3) is 1.00. The Kier molecular flexibility index (Phi) is 1.66. The van der Waals surface area contributed by atoms with Crippen LogP contribution in [0.15, 0.2) is 0 Å². The standard InChI is InChI=1S/C8H14O2/c9-7-2-1-3-8-6(7)4-5-10-8/h6-9H,1-5H2/t6-,7?,8+/m0/s1. The highest BCUT2D eigenvalue weighted by atomic mass is 16.5. The van der Waals surface area contributed by atoms with Crippen LogP contribution < -0.4 is 0 Å². The molecule has 2 fully saturated rings. The number of hydrogen-bond acceptors (Lipinski definition) is 2. The Morgan fingerprint density at radius 3 is 2.90 bits per heavy atom. The topological polar surface area (TPSA) is 29.5 Å². The largest absolute Gasteiger partial charge is 0.393 e. The molecule has 2 heteroatoms. The fourth-order valence-corrected chi connectivity index (χ4v) is 2.14. The highest BCUT2D eigenvalue weighted by molar-refractivity contribution is 4.86. The molecule has 0 aromatic carbocycles. The van der Waals surface area contributed by atoms with Crippen LogP contribution in [0.2, 0.25) is 0 Å². The van der Waals surface area contributed by atoms with Gasteiger partial charge in [-0.15, -0.1) is 0 Å². The number of aliphatic hydroxyl groups excluding tert-OH is 1. The minimum Gasteiger partial charge on any atom is -0.393 e. The molecule has 0 spiro atoms. The van der Waals surface area contributed by atoms with E-state index in [-0.39, 0.29) is 6.10 Å². The minimum absolute atomic E-state index is 0.0683. The van der Waals surface area contributed by atoms with Crippen LogP contribution in [-0.4, -0.2) is 23.9 Å². The van der Waals surface area contributed by atoms with Crippen molar-refractivity contribution in [1.29, 1.82) is 0 Å². The molecule has 0 aromatic rings. The predicted octanol–water partition coefficient (Wildman–Crippen LogP) is 0.936. The molecule has 2 aliphatic rings. The van der Waals surface area contributed by atoms with Crippen molar-refractivity contribution in [1.82, 2.24) is 0 Å². The highest BCUT2D eigenvalue weighted by Gasteiger charge is 2.36. The van der Waals surface area contributed by atoms with Crippen LogP contribution in [0, 0.1) is 5.92 Å². The summed E-state index contributed by atoms with van der Waals surface area (Å²) in [5.41, 5.74) is 0. The first-order chi connectivity index (χ1) is 4.88. The van der Waals surface area contributed by atoms with Crippen LogP contribution in [0.3, 0.4) is 0 Å². The van der Waals surface area contributed by atoms with E-state index in [2.05, 4.69) is 0 Å².